The zero-order chi connectivity index (χ0) is 24.0. The minimum atomic E-state index is -0.293. The van der Waals surface area contributed by atoms with Crippen molar-refractivity contribution in [3.8, 4) is 0 Å². The number of hydrogen-bond donors (Lipinski definition) is 0. The van der Waals surface area contributed by atoms with Crippen molar-refractivity contribution in [2.24, 2.45) is 28.2 Å². The average molecular weight is 499 g/mol. The van der Waals surface area contributed by atoms with Crippen LogP contribution in [0.15, 0.2) is 17.3 Å². The number of methoxy groups -OCH3 is 1. The number of hydrogen-bond acceptors (Lipinski definition) is 7. The van der Waals surface area contributed by atoms with E-state index in [2.05, 4.69) is 27.8 Å². The molecule has 1 saturated carbocycles. The first-order valence-corrected chi connectivity index (χ1v) is 14.3. The predicted octanol–water partition coefficient (Wildman–Crippen LogP) is 3.15. The number of nitrogens with zero attached hydrogens (tertiary/aromatic N) is 4. The van der Waals surface area contributed by atoms with E-state index in [9.17, 15) is 4.79 Å². The minimum Gasteiger partial charge on any atom is -0.379 e. The van der Waals surface area contributed by atoms with Crippen LogP contribution in [0.3, 0.4) is 0 Å². The van der Waals surface area contributed by atoms with Crippen molar-refractivity contribution >= 4 is 22.8 Å². The van der Waals surface area contributed by atoms with E-state index in [1.165, 1.54) is 11.1 Å². The molecule has 1 aromatic rings. The molecule has 0 spiro atoms. The van der Waals surface area contributed by atoms with E-state index in [-0.39, 0.29) is 11.5 Å². The largest absolute Gasteiger partial charge is 0.379 e. The van der Waals surface area contributed by atoms with E-state index in [1.807, 2.05) is 25.1 Å². The van der Waals surface area contributed by atoms with Crippen LogP contribution in [0.5, 0.6) is 0 Å². The number of amidine groups is 1. The van der Waals surface area contributed by atoms with E-state index < -0.39 is 0 Å². The number of likely N-dealkylation sites (tertiary alicyclic amines) is 1. The molecular formula is C27H38N4O3S. The molecule has 0 aromatic carbocycles. The van der Waals surface area contributed by atoms with Crippen LogP contribution in [0, 0.1) is 30.1 Å². The van der Waals surface area contributed by atoms with E-state index >= 15 is 0 Å². The zero-order valence-corrected chi connectivity index (χ0v) is 21.9. The predicted molar refractivity (Wildman–Crippen MR) is 137 cm³/mol. The maximum atomic E-state index is 14.4. The molecule has 1 aliphatic carbocycles. The highest BCUT2D eigenvalue weighted by atomic mass is 32.2. The Labute approximate surface area is 213 Å². The van der Waals surface area contributed by atoms with Gasteiger partial charge in [-0.05, 0) is 61.5 Å². The van der Waals surface area contributed by atoms with Gasteiger partial charge in [0.25, 0.3) is 0 Å². The fourth-order valence-corrected chi connectivity index (χ4v) is 8.29. The van der Waals surface area contributed by atoms with Gasteiger partial charge >= 0.3 is 0 Å². The van der Waals surface area contributed by atoms with Gasteiger partial charge in [0.05, 0.1) is 24.7 Å². The smallest absolute Gasteiger partial charge is 0.231 e. The van der Waals surface area contributed by atoms with Crippen molar-refractivity contribution in [1.82, 2.24) is 14.8 Å². The standard InChI is InChI=1S/C27H38N4O3S/c1-18-9-21-14-30(6-3-23(21)29-13-18)25(32)27-12-19(10-20-4-7-34-16-24(20)33-2)11-22(27)15-31(17-27)26-28-5-8-35-26/h9,13,19-20,22,24H,3-8,10-12,14-17H2,1-2H3/t19-,20?,22+,24?,27+/m1/s1. The maximum absolute atomic E-state index is 14.4. The summed E-state index contributed by atoms with van der Waals surface area (Å²) >= 11 is 1.86. The quantitative estimate of drug-likeness (QED) is 0.635. The molecule has 8 heteroatoms. The molecule has 7 nitrogen and oxygen atoms in total. The molecular weight excluding hydrogens is 460 g/mol. The molecule has 1 amide bonds. The lowest BCUT2D eigenvalue weighted by molar-refractivity contribution is -0.144. The summed E-state index contributed by atoms with van der Waals surface area (Å²) in [5, 5.41) is 1.16. The Morgan fingerprint density at radius 2 is 2.31 bits per heavy atom. The highest BCUT2D eigenvalue weighted by Gasteiger charge is 2.59. The zero-order valence-electron chi connectivity index (χ0n) is 21.1. The molecule has 5 heterocycles. The third-order valence-electron chi connectivity index (χ3n) is 9.08. The highest BCUT2D eigenvalue weighted by Crippen LogP contribution is 2.55. The molecule has 190 valence electrons. The van der Waals surface area contributed by atoms with Gasteiger partial charge in [-0.1, -0.05) is 17.8 Å². The lowest BCUT2D eigenvalue weighted by atomic mass is 9.78. The van der Waals surface area contributed by atoms with Gasteiger partial charge in [0.15, 0.2) is 5.17 Å². The second-order valence-electron chi connectivity index (χ2n) is 11.3. The van der Waals surface area contributed by atoms with Crippen LogP contribution in [-0.4, -0.2) is 84.2 Å². The Morgan fingerprint density at radius 1 is 1.40 bits per heavy atom. The SMILES string of the molecule is COC1COCCC1C[C@@H]1C[C@H]2CN(C3=NCCS3)C[C@@]2(C(=O)N2CCc3ncc(C)cc3C2)C1. The van der Waals surface area contributed by atoms with E-state index in [0.717, 1.165) is 81.5 Å². The minimum absolute atomic E-state index is 0.186. The number of rotatable bonds is 4. The monoisotopic (exact) mass is 498 g/mol. The summed E-state index contributed by atoms with van der Waals surface area (Å²) in [5.74, 6) is 2.95. The normalized spacial score (nSPS) is 34.6. The number of carbonyl (C=O) groups is 1. The maximum Gasteiger partial charge on any atom is 0.231 e. The first kappa shape index (κ1) is 23.7. The van der Waals surface area contributed by atoms with Crippen LogP contribution in [0.1, 0.15) is 42.5 Å². The van der Waals surface area contributed by atoms with Crippen molar-refractivity contribution in [3.05, 3.63) is 29.1 Å². The fourth-order valence-electron chi connectivity index (χ4n) is 7.43. The Kier molecular flexibility index (Phi) is 6.56. The van der Waals surface area contributed by atoms with Crippen molar-refractivity contribution in [3.63, 3.8) is 0 Å². The van der Waals surface area contributed by atoms with Crippen LogP contribution < -0.4 is 0 Å². The Balaban J connectivity index is 1.23. The molecule has 35 heavy (non-hydrogen) atoms. The first-order valence-electron chi connectivity index (χ1n) is 13.3. The van der Waals surface area contributed by atoms with Gasteiger partial charge < -0.3 is 19.3 Å². The lowest BCUT2D eigenvalue weighted by Crippen LogP contribution is -2.49. The Bertz CT molecular complexity index is 1000. The van der Waals surface area contributed by atoms with Gasteiger partial charge in [-0.2, -0.15) is 0 Å². The number of ether oxygens (including phenoxy) is 2. The van der Waals surface area contributed by atoms with Crippen LogP contribution in [-0.2, 0) is 27.2 Å². The number of amides is 1. The average Bonchev–Trinajstić information content (AvgIpc) is 3.59. The third kappa shape index (κ3) is 4.40. The number of pyridine rings is 1. The molecule has 6 rings (SSSR count). The number of aryl methyl sites for hydroxylation is 1. The third-order valence-corrected chi connectivity index (χ3v) is 10.1. The number of thioether (sulfide) groups is 1. The molecule has 0 bridgehead atoms. The summed E-state index contributed by atoms with van der Waals surface area (Å²) in [7, 11) is 1.81. The Hall–Kier alpha value is -1.64. The molecule has 0 radical (unpaired) electrons. The van der Waals surface area contributed by atoms with Crippen molar-refractivity contribution in [2.45, 2.75) is 51.7 Å². The van der Waals surface area contributed by atoms with Gasteiger partial charge in [-0.15, -0.1) is 0 Å². The summed E-state index contributed by atoms with van der Waals surface area (Å²) in [6.07, 6.45) is 7.34. The van der Waals surface area contributed by atoms with Crippen molar-refractivity contribution < 1.29 is 14.3 Å². The molecule has 2 saturated heterocycles. The van der Waals surface area contributed by atoms with Gasteiger partial charge in [0.1, 0.15) is 0 Å². The van der Waals surface area contributed by atoms with Gasteiger partial charge in [0.2, 0.25) is 5.91 Å². The van der Waals surface area contributed by atoms with Crippen molar-refractivity contribution in [2.75, 3.05) is 52.3 Å². The summed E-state index contributed by atoms with van der Waals surface area (Å²) < 4.78 is 11.4. The van der Waals surface area contributed by atoms with Crippen LogP contribution in [0.4, 0.5) is 0 Å². The summed E-state index contributed by atoms with van der Waals surface area (Å²) in [4.78, 5) is 28.4. The van der Waals surface area contributed by atoms with Crippen LogP contribution in [0.2, 0.25) is 0 Å². The van der Waals surface area contributed by atoms with Crippen molar-refractivity contribution in [1.29, 1.82) is 0 Å². The van der Waals surface area contributed by atoms with Crippen LogP contribution in [0.25, 0.3) is 0 Å². The van der Waals surface area contributed by atoms with E-state index in [0.29, 0.717) is 36.8 Å². The topological polar surface area (TPSA) is 67.3 Å². The van der Waals surface area contributed by atoms with E-state index in [1.54, 1.807) is 0 Å². The molecule has 5 atom stereocenters. The number of carbonyl (C=O) groups excluding carboxylic acids is 1. The molecule has 3 fully saturated rings. The second kappa shape index (κ2) is 9.67. The lowest BCUT2D eigenvalue weighted by Gasteiger charge is -2.37. The summed E-state index contributed by atoms with van der Waals surface area (Å²) in [6, 6.07) is 2.22. The molecule has 4 aliphatic heterocycles. The molecule has 1 aromatic heterocycles. The second-order valence-corrected chi connectivity index (χ2v) is 12.3. The number of aliphatic imine (C=N–C) groups is 1. The highest BCUT2D eigenvalue weighted by molar-refractivity contribution is 8.14. The molecule has 0 N–H and O–H groups in total. The fraction of sp³-hybridized carbons (Fsp3) is 0.741. The van der Waals surface area contributed by atoms with Crippen LogP contribution >= 0.6 is 11.8 Å². The molecule has 5 aliphatic rings. The van der Waals surface area contributed by atoms with Gasteiger partial charge in [-0.25, -0.2) is 0 Å². The first-order chi connectivity index (χ1) is 17.1. The van der Waals surface area contributed by atoms with Gasteiger partial charge in [-0.3, -0.25) is 14.8 Å². The summed E-state index contributed by atoms with van der Waals surface area (Å²) in [5.41, 5.74) is 3.26. The van der Waals surface area contributed by atoms with Gasteiger partial charge in [0, 0.05) is 64.0 Å². The number of fused-ring (bicyclic) bond motifs is 2. The number of aromatic nitrogens is 1. The Morgan fingerprint density at radius 3 is 3.14 bits per heavy atom. The van der Waals surface area contributed by atoms with E-state index in [4.69, 9.17) is 14.5 Å². The molecule has 2 unspecified atom stereocenters. The summed E-state index contributed by atoms with van der Waals surface area (Å²) in [6.45, 7) is 7.80.